The number of aromatic hydroxyl groups is 2. The lowest BCUT2D eigenvalue weighted by atomic mass is 9.79. The highest BCUT2D eigenvalue weighted by atomic mass is 35.5. The fourth-order valence-electron chi connectivity index (χ4n) is 10.2. The first kappa shape index (κ1) is 48.5. The van der Waals surface area contributed by atoms with Crippen LogP contribution in [-0.2, 0) is 39.8 Å². The van der Waals surface area contributed by atoms with E-state index in [0.29, 0.717) is 32.5 Å². The second-order valence-corrected chi connectivity index (χ2v) is 27.7. The molecule has 1 unspecified atom stereocenters. The Bertz CT molecular complexity index is 3150. The first-order valence-corrected chi connectivity index (χ1v) is 28.7. The summed E-state index contributed by atoms with van der Waals surface area (Å²) in [6, 6.07) is 28.7. The van der Waals surface area contributed by atoms with E-state index in [1.54, 1.807) is 36.4 Å². The molecule has 11 nitrogen and oxygen atoms in total. The van der Waals surface area contributed by atoms with Crippen molar-refractivity contribution in [2.24, 2.45) is 0 Å². The summed E-state index contributed by atoms with van der Waals surface area (Å²) in [5.41, 5.74) is 4.08. The highest BCUT2D eigenvalue weighted by Gasteiger charge is 2.59. The Labute approximate surface area is 413 Å². The molecule has 17 heteroatoms. The molecule has 0 aliphatic carbocycles. The van der Waals surface area contributed by atoms with Crippen LogP contribution < -0.4 is 25.5 Å². The second kappa shape index (κ2) is 17.2. The minimum absolute atomic E-state index is 0.0431. The van der Waals surface area contributed by atoms with E-state index in [4.69, 9.17) is 60.6 Å². The molecule has 4 aliphatic heterocycles. The number of phenolic OH excluding ortho intramolecular Hbond substituents is 2. The van der Waals surface area contributed by atoms with Crippen LogP contribution >= 0.6 is 46.4 Å². The molecule has 6 aromatic carbocycles. The Hall–Kier alpha value is -5.94. The number of benzene rings is 6. The van der Waals surface area contributed by atoms with Gasteiger partial charge in [0.2, 0.25) is 0 Å². The van der Waals surface area contributed by atoms with Crippen molar-refractivity contribution in [1.82, 2.24) is 0 Å². The van der Waals surface area contributed by atoms with E-state index in [2.05, 4.69) is 30.9 Å². The molecular weight excluding hydrogens is 987 g/mol. The maximum Gasteiger partial charge on any atom is 0.340 e. The molecule has 2 spiro atoms. The van der Waals surface area contributed by atoms with Gasteiger partial charge in [-0.2, -0.15) is 0 Å². The molecule has 0 saturated heterocycles. The van der Waals surface area contributed by atoms with Crippen molar-refractivity contribution in [2.75, 3.05) is 0 Å². The van der Waals surface area contributed by atoms with Gasteiger partial charge in [0.1, 0.15) is 33.4 Å². The number of aryl methyl sites for hydroxylation is 1. The molecule has 0 aromatic heterocycles. The zero-order valence-electron chi connectivity index (χ0n) is 37.8. The van der Waals surface area contributed by atoms with Gasteiger partial charge in [-0.3, -0.25) is 14.4 Å². The Morgan fingerprint density at radius 3 is 1.26 bits per heavy atom. The Morgan fingerprint density at radius 1 is 0.500 bits per heavy atom. The number of esters is 5. The summed E-state index contributed by atoms with van der Waals surface area (Å²) in [5, 5.41) is 25.5. The number of phenols is 2. The number of ether oxygens (including phenoxy) is 4. The van der Waals surface area contributed by atoms with Gasteiger partial charge < -0.3 is 29.2 Å². The zero-order chi connectivity index (χ0) is 49.6. The first-order chi connectivity index (χ1) is 31.9. The maximum atomic E-state index is 13.0. The molecule has 1 atom stereocenters. The van der Waals surface area contributed by atoms with E-state index in [1.165, 1.54) is 32.9 Å². The molecule has 0 amide bonds. The van der Waals surface area contributed by atoms with Crippen LogP contribution in [0.5, 0.6) is 17.2 Å². The van der Waals surface area contributed by atoms with Crippen LogP contribution in [0.25, 0.3) is 0 Å². The van der Waals surface area contributed by atoms with Gasteiger partial charge in [-0.05, 0) is 63.6 Å². The van der Waals surface area contributed by atoms with Gasteiger partial charge in [0.15, 0.2) is 11.2 Å². The van der Waals surface area contributed by atoms with Crippen molar-refractivity contribution < 1.29 is 53.1 Å². The summed E-state index contributed by atoms with van der Waals surface area (Å²) in [4.78, 5) is 57.2. The molecule has 2 N–H and O–H groups in total. The fourth-order valence-corrected chi connectivity index (χ4v) is 20.7. The van der Waals surface area contributed by atoms with E-state index in [9.17, 15) is 34.2 Å². The van der Waals surface area contributed by atoms with Crippen LogP contribution in [0.3, 0.4) is 0 Å². The van der Waals surface area contributed by atoms with Crippen LogP contribution in [0.1, 0.15) is 80.4 Å². The topological polar surface area (TPSA) is 163 Å². The van der Waals surface area contributed by atoms with Gasteiger partial charge in [-0.25, -0.2) is 9.59 Å². The van der Waals surface area contributed by atoms with Gasteiger partial charge in [-0.15, -0.1) is 0 Å². The summed E-state index contributed by atoms with van der Waals surface area (Å²) in [6.07, 6.45) is 0. The second-order valence-electron chi connectivity index (χ2n) is 17.7. The molecule has 68 heavy (non-hydrogen) atoms. The van der Waals surface area contributed by atoms with E-state index in [1.807, 2.05) is 55.5 Å². The van der Waals surface area contributed by atoms with E-state index in [0.717, 1.165) is 54.1 Å². The molecule has 0 radical (unpaired) electrons. The highest BCUT2D eigenvalue weighted by molar-refractivity contribution is 7.04. The number of rotatable bonds is 1. The molecule has 10 rings (SSSR count). The Kier molecular flexibility index (Phi) is 12.3. The number of fused-ring (bicyclic) bond motifs is 12. The molecular formula is C51H42Cl4O11Si2. The SMILES string of the molecule is CC(=O)OC(C)=O.CC(=O)Oc1ccc2c(c1Cl)[Si](C)(C)c1c(ccc(C)c1Cl)C21OC(=O)c2ccccc21.C[Si]1(C)c2c(ccc(O)c2Cl)C2(OC(=O)c3ccccc32)c2ccc(O)c(Cl)c21. The van der Waals surface area contributed by atoms with Crippen LogP contribution in [0, 0.1) is 6.92 Å². The van der Waals surface area contributed by atoms with E-state index < -0.39 is 57.2 Å². The molecule has 0 saturated carbocycles. The third kappa shape index (κ3) is 7.24. The number of hydrogen-bond donors (Lipinski definition) is 2. The third-order valence-electron chi connectivity index (χ3n) is 12.8. The largest absolute Gasteiger partial charge is 0.506 e. The number of carbonyl (C=O) groups is 5. The van der Waals surface area contributed by atoms with Gasteiger partial charge in [0, 0.05) is 59.2 Å². The van der Waals surface area contributed by atoms with Crippen molar-refractivity contribution >= 4 is 113 Å². The Morgan fingerprint density at radius 2 is 0.868 bits per heavy atom. The van der Waals surface area contributed by atoms with Crippen LogP contribution in [0.4, 0.5) is 0 Å². The highest BCUT2D eigenvalue weighted by Crippen LogP contribution is 2.53. The summed E-state index contributed by atoms with van der Waals surface area (Å²) in [5.74, 6) is -2.21. The molecule has 348 valence electrons. The van der Waals surface area contributed by atoms with Crippen LogP contribution in [0.15, 0.2) is 97.1 Å². The summed E-state index contributed by atoms with van der Waals surface area (Å²) in [7, 11) is -5.11. The lowest BCUT2D eigenvalue weighted by Crippen LogP contribution is -2.64. The van der Waals surface area contributed by atoms with Crippen molar-refractivity contribution in [2.45, 2.75) is 65.1 Å². The average molecular weight is 1030 g/mol. The Balaban J connectivity index is 0.000000162. The van der Waals surface area contributed by atoms with Gasteiger partial charge >= 0.3 is 29.8 Å². The van der Waals surface area contributed by atoms with Crippen molar-refractivity contribution in [3.63, 3.8) is 0 Å². The quantitative estimate of drug-likeness (QED) is 0.0532. The summed E-state index contributed by atoms with van der Waals surface area (Å²) >= 11 is 27.1. The fraction of sp³-hybridized carbons (Fsp3) is 0.196. The molecule has 4 heterocycles. The van der Waals surface area contributed by atoms with E-state index >= 15 is 0 Å². The van der Waals surface area contributed by atoms with Gasteiger partial charge in [-0.1, -0.05) is 139 Å². The predicted octanol–water partition coefficient (Wildman–Crippen LogP) is 8.92. The molecule has 4 aliphatic rings. The maximum absolute atomic E-state index is 13.0. The number of carbonyl (C=O) groups excluding carboxylic acids is 5. The third-order valence-corrected chi connectivity index (χ3v) is 22.1. The lowest BCUT2D eigenvalue weighted by molar-refractivity contribution is -0.156. The van der Waals surface area contributed by atoms with Crippen molar-refractivity contribution in [3.05, 3.63) is 167 Å². The molecule has 6 aromatic rings. The van der Waals surface area contributed by atoms with Crippen LogP contribution in [0.2, 0.25) is 46.3 Å². The number of halogens is 4. The monoisotopic (exact) mass is 1030 g/mol. The minimum Gasteiger partial charge on any atom is -0.506 e. The van der Waals surface area contributed by atoms with Crippen molar-refractivity contribution in [1.29, 1.82) is 0 Å². The molecule has 0 bridgehead atoms. The first-order valence-electron chi connectivity index (χ1n) is 21.2. The van der Waals surface area contributed by atoms with Gasteiger partial charge in [0.05, 0.1) is 26.2 Å². The smallest absolute Gasteiger partial charge is 0.340 e. The molecule has 0 fully saturated rings. The average Bonchev–Trinajstić information content (AvgIpc) is 3.74. The normalized spacial score (nSPS) is 17.5. The predicted molar refractivity (Wildman–Crippen MR) is 265 cm³/mol. The minimum atomic E-state index is -2.60. The summed E-state index contributed by atoms with van der Waals surface area (Å²) < 4.78 is 21.7. The van der Waals surface area contributed by atoms with Crippen molar-refractivity contribution in [3.8, 4) is 17.2 Å². The standard InChI is InChI=1S/C25H20Cl2O4Si.C22H16Cl2O4Si.C4H6O3/c1-13-9-10-17-22(20(13)26)32(3,4)23-18(11-12-19(21(23)27)30-14(2)28)25(17)16-8-6-5-7-15(16)24(29)31-25;1-29(2)19-13(7-9-15(25)17(19)23)22(14-8-10-16(26)18(24)20(14)29)12-6-4-3-5-11(12)21(27)28-22;1-3(5)7-4(2)6/h5-12H,1-4H3;3-10,25-26H,1-2H3;1-2H3. The van der Waals surface area contributed by atoms with Crippen LogP contribution in [-0.4, -0.2) is 56.2 Å². The summed E-state index contributed by atoms with van der Waals surface area (Å²) in [6.45, 7) is 14.1. The lowest BCUT2D eigenvalue weighted by Gasteiger charge is -2.44. The number of hydrogen-bond acceptors (Lipinski definition) is 11. The zero-order valence-corrected chi connectivity index (χ0v) is 42.8. The van der Waals surface area contributed by atoms with Gasteiger partial charge in [0.25, 0.3) is 0 Å². The van der Waals surface area contributed by atoms with E-state index in [-0.39, 0.29) is 21.5 Å².